The number of carboxylic acids is 2. The Balaban J connectivity index is 2.41. The summed E-state index contributed by atoms with van der Waals surface area (Å²) in [4.78, 5) is 33.9. The van der Waals surface area contributed by atoms with Gasteiger partial charge in [-0.3, -0.25) is 4.79 Å². The van der Waals surface area contributed by atoms with E-state index in [1.807, 2.05) is 0 Å². The highest BCUT2D eigenvalue weighted by Gasteiger charge is 2.13. The average molecular weight is 270 g/mol. The standard InChI is InChI=1S/C15H10O5/c16-13(9-3-1-5-11(7-9)14(17)18)10-4-2-6-12(8-10)15(19)20/h1-8H,(H,17,18)(H,19,20). The molecule has 0 fully saturated rings. The van der Waals surface area contributed by atoms with Gasteiger partial charge in [-0.25, -0.2) is 9.59 Å². The Hall–Kier alpha value is -2.95. The van der Waals surface area contributed by atoms with Crippen molar-refractivity contribution in [1.29, 1.82) is 0 Å². The Morgan fingerprint density at radius 3 is 1.35 bits per heavy atom. The van der Waals surface area contributed by atoms with Crippen molar-refractivity contribution >= 4 is 17.7 Å². The van der Waals surface area contributed by atoms with Crippen LogP contribution in [0.1, 0.15) is 36.6 Å². The van der Waals surface area contributed by atoms with E-state index in [9.17, 15) is 14.4 Å². The maximum atomic E-state index is 12.2. The van der Waals surface area contributed by atoms with Gasteiger partial charge in [-0.2, -0.15) is 0 Å². The van der Waals surface area contributed by atoms with Gasteiger partial charge in [-0.05, 0) is 24.3 Å². The minimum absolute atomic E-state index is 0.00485. The fourth-order valence-corrected chi connectivity index (χ4v) is 1.75. The molecule has 0 aromatic heterocycles. The van der Waals surface area contributed by atoms with Crippen molar-refractivity contribution in [2.24, 2.45) is 0 Å². The molecule has 2 rings (SSSR count). The van der Waals surface area contributed by atoms with Gasteiger partial charge in [0.25, 0.3) is 0 Å². The topological polar surface area (TPSA) is 91.7 Å². The van der Waals surface area contributed by atoms with Crippen molar-refractivity contribution in [1.82, 2.24) is 0 Å². The lowest BCUT2D eigenvalue weighted by molar-refractivity contribution is 0.0686. The number of hydrogen-bond donors (Lipinski definition) is 2. The van der Waals surface area contributed by atoms with Crippen LogP contribution in [0.5, 0.6) is 0 Å². The molecule has 0 aliphatic rings. The Labute approximate surface area is 114 Å². The van der Waals surface area contributed by atoms with Gasteiger partial charge < -0.3 is 10.2 Å². The summed E-state index contributed by atoms with van der Waals surface area (Å²) >= 11 is 0. The van der Waals surface area contributed by atoms with E-state index in [2.05, 4.69) is 0 Å². The van der Waals surface area contributed by atoms with E-state index in [0.717, 1.165) is 0 Å². The second-order valence-corrected chi connectivity index (χ2v) is 4.10. The Morgan fingerprint density at radius 1 is 0.650 bits per heavy atom. The van der Waals surface area contributed by atoms with Crippen molar-refractivity contribution in [2.75, 3.05) is 0 Å². The van der Waals surface area contributed by atoms with Gasteiger partial charge in [-0.15, -0.1) is 0 Å². The van der Waals surface area contributed by atoms with Crippen LogP contribution >= 0.6 is 0 Å². The molecule has 0 unspecified atom stereocenters. The number of carboxylic acid groups (broad SMARTS) is 2. The van der Waals surface area contributed by atoms with Crippen molar-refractivity contribution in [3.05, 3.63) is 70.8 Å². The zero-order chi connectivity index (χ0) is 14.7. The predicted molar refractivity (Wildman–Crippen MR) is 70.2 cm³/mol. The lowest BCUT2D eigenvalue weighted by atomic mass is 10.00. The molecule has 0 radical (unpaired) electrons. The predicted octanol–water partition coefficient (Wildman–Crippen LogP) is 2.31. The van der Waals surface area contributed by atoms with Crippen LogP contribution in [0.25, 0.3) is 0 Å². The van der Waals surface area contributed by atoms with Crippen molar-refractivity contribution in [3.8, 4) is 0 Å². The van der Waals surface area contributed by atoms with E-state index in [-0.39, 0.29) is 22.3 Å². The van der Waals surface area contributed by atoms with Gasteiger partial charge in [0.2, 0.25) is 0 Å². The van der Waals surface area contributed by atoms with Crippen LogP contribution in [-0.2, 0) is 0 Å². The van der Waals surface area contributed by atoms with Crippen LogP contribution in [0.15, 0.2) is 48.5 Å². The molecule has 0 atom stereocenters. The quantitative estimate of drug-likeness (QED) is 0.832. The van der Waals surface area contributed by atoms with Crippen LogP contribution in [0.3, 0.4) is 0 Å². The SMILES string of the molecule is O=C(O)c1cccc(C(=O)c2cccc(C(=O)O)c2)c1. The summed E-state index contributed by atoms with van der Waals surface area (Å²) in [6, 6.07) is 11.2. The molecule has 0 bridgehead atoms. The number of carbonyl (C=O) groups is 3. The third-order valence-electron chi connectivity index (χ3n) is 2.74. The molecule has 0 aliphatic carbocycles. The van der Waals surface area contributed by atoms with Gasteiger partial charge in [0, 0.05) is 11.1 Å². The number of ketones is 1. The summed E-state index contributed by atoms with van der Waals surface area (Å²) in [5, 5.41) is 17.8. The molecule has 0 spiro atoms. The molecular formula is C15H10O5. The molecule has 0 amide bonds. The third kappa shape index (κ3) is 2.72. The van der Waals surface area contributed by atoms with Crippen LogP contribution < -0.4 is 0 Å². The molecule has 5 heteroatoms. The summed E-state index contributed by atoms with van der Waals surface area (Å²) in [5.74, 6) is -2.67. The highest BCUT2D eigenvalue weighted by atomic mass is 16.4. The smallest absolute Gasteiger partial charge is 0.335 e. The van der Waals surface area contributed by atoms with E-state index in [4.69, 9.17) is 10.2 Å². The number of aromatic carboxylic acids is 2. The summed E-state index contributed by atoms with van der Waals surface area (Å²) in [5.41, 5.74) is 0.412. The Morgan fingerprint density at radius 2 is 1.00 bits per heavy atom. The summed E-state index contributed by atoms with van der Waals surface area (Å²) in [6.45, 7) is 0. The molecule has 2 aromatic carbocycles. The molecule has 20 heavy (non-hydrogen) atoms. The fraction of sp³-hybridized carbons (Fsp3) is 0. The molecular weight excluding hydrogens is 260 g/mol. The van der Waals surface area contributed by atoms with Gasteiger partial charge in [-0.1, -0.05) is 24.3 Å². The highest BCUT2D eigenvalue weighted by molar-refractivity contribution is 6.10. The molecule has 100 valence electrons. The molecule has 0 heterocycles. The van der Waals surface area contributed by atoms with Crippen LogP contribution in [-0.4, -0.2) is 27.9 Å². The molecule has 0 saturated heterocycles. The third-order valence-corrected chi connectivity index (χ3v) is 2.74. The fourth-order valence-electron chi connectivity index (χ4n) is 1.75. The largest absolute Gasteiger partial charge is 0.478 e. The van der Waals surface area contributed by atoms with Gasteiger partial charge >= 0.3 is 11.9 Å². The van der Waals surface area contributed by atoms with Gasteiger partial charge in [0.1, 0.15) is 0 Å². The lowest BCUT2D eigenvalue weighted by Crippen LogP contribution is -2.06. The Bertz CT molecular complexity index is 643. The van der Waals surface area contributed by atoms with Crippen LogP contribution in [0.4, 0.5) is 0 Å². The van der Waals surface area contributed by atoms with E-state index in [1.165, 1.54) is 48.5 Å². The monoisotopic (exact) mass is 270 g/mol. The van der Waals surface area contributed by atoms with Crippen LogP contribution in [0.2, 0.25) is 0 Å². The van der Waals surface area contributed by atoms with E-state index >= 15 is 0 Å². The second kappa shape index (κ2) is 5.36. The zero-order valence-electron chi connectivity index (χ0n) is 10.2. The number of carbonyl (C=O) groups excluding carboxylic acids is 1. The zero-order valence-corrected chi connectivity index (χ0v) is 10.2. The summed E-state index contributed by atoms with van der Waals surface area (Å²) in [7, 11) is 0. The van der Waals surface area contributed by atoms with E-state index in [0.29, 0.717) is 0 Å². The number of benzene rings is 2. The maximum absolute atomic E-state index is 12.2. The number of rotatable bonds is 4. The summed E-state index contributed by atoms with van der Waals surface area (Å²) < 4.78 is 0. The average Bonchev–Trinajstić information content (AvgIpc) is 2.46. The molecule has 2 aromatic rings. The minimum Gasteiger partial charge on any atom is -0.478 e. The molecule has 5 nitrogen and oxygen atoms in total. The summed E-state index contributed by atoms with van der Waals surface area (Å²) in [6.07, 6.45) is 0. The first-order valence-electron chi connectivity index (χ1n) is 5.70. The minimum atomic E-state index is -1.13. The normalized spacial score (nSPS) is 10.0. The van der Waals surface area contributed by atoms with Crippen molar-refractivity contribution in [2.45, 2.75) is 0 Å². The van der Waals surface area contributed by atoms with Crippen molar-refractivity contribution in [3.63, 3.8) is 0 Å². The van der Waals surface area contributed by atoms with Gasteiger partial charge in [0.05, 0.1) is 11.1 Å². The first-order valence-corrected chi connectivity index (χ1v) is 5.70. The first kappa shape index (κ1) is 13.5. The van der Waals surface area contributed by atoms with Crippen molar-refractivity contribution < 1.29 is 24.6 Å². The molecule has 2 N–H and O–H groups in total. The van der Waals surface area contributed by atoms with E-state index in [1.54, 1.807) is 0 Å². The Kier molecular flexibility index (Phi) is 3.61. The second-order valence-electron chi connectivity index (χ2n) is 4.10. The van der Waals surface area contributed by atoms with Crippen LogP contribution in [0, 0.1) is 0 Å². The van der Waals surface area contributed by atoms with E-state index < -0.39 is 17.7 Å². The highest BCUT2D eigenvalue weighted by Crippen LogP contribution is 2.13. The first-order chi connectivity index (χ1) is 9.49. The maximum Gasteiger partial charge on any atom is 0.335 e. The number of hydrogen-bond acceptors (Lipinski definition) is 3. The lowest BCUT2D eigenvalue weighted by Gasteiger charge is -2.03. The molecule has 0 saturated carbocycles. The molecule has 0 aliphatic heterocycles. The van der Waals surface area contributed by atoms with Gasteiger partial charge in [0.15, 0.2) is 5.78 Å².